The number of aromatic nitrogens is 1. The molecule has 1 aromatic carbocycles. The number of thiazole rings is 1. The van der Waals surface area contributed by atoms with Crippen molar-refractivity contribution in [2.45, 2.75) is 38.0 Å². The highest BCUT2D eigenvalue weighted by Crippen LogP contribution is 2.26. The second-order valence-corrected chi connectivity index (χ2v) is 8.53. The quantitative estimate of drug-likeness (QED) is 0.657. The largest absolute Gasteiger partial charge is 0.271 e. The molecule has 5 heteroatoms. The van der Waals surface area contributed by atoms with Gasteiger partial charge < -0.3 is 0 Å². The van der Waals surface area contributed by atoms with Gasteiger partial charge >= 0.3 is 0 Å². The standard InChI is InChI=1S/C14H21N3S2/c1-14(2,3)18-9-10(17-15)8-13-16-11-6-4-5-7-12(11)19-13/h4-7,10,17H,8-9,15H2,1-3H3. The molecule has 0 spiro atoms. The fraction of sp³-hybridized carbons (Fsp3) is 0.500. The van der Waals surface area contributed by atoms with Crippen LogP contribution in [0.25, 0.3) is 10.2 Å². The highest BCUT2D eigenvalue weighted by molar-refractivity contribution is 8.00. The third-order valence-corrected chi connectivity index (χ3v) is 5.21. The molecule has 1 unspecified atom stereocenters. The summed E-state index contributed by atoms with van der Waals surface area (Å²) in [5.74, 6) is 6.65. The van der Waals surface area contributed by atoms with Gasteiger partial charge in [0, 0.05) is 23.0 Å². The number of nitrogens with zero attached hydrogens (tertiary/aromatic N) is 1. The lowest BCUT2D eigenvalue weighted by molar-refractivity contribution is 0.572. The summed E-state index contributed by atoms with van der Waals surface area (Å²) in [6.45, 7) is 6.68. The number of benzene rings is 1. The van der Waals surface area contributed by atoms with E-state index in [2.05, 4.69) is 49.4 Å². The minimum atomic E-state index is 0.267. The number of hydrazine groups is 1. The highest BCUT2D eigenvalue weighted by atomic mass is 32.2. The van der Waals surface area contributed by atoms with Gasteiger partial charge in [0.05, 0.1) is 15.2 Å². The number of rotatable bonds is 5. The summed E-state index contributed by atoms with van der Waals surface area (Å²) in [5.41, 5.74) is 4.00. The maximum Gasteiger partial charge on any atom is 0.0954 e. The Bertz CT molecular complexity index is 498. The molecule has 3 N–H and O–H groups in total. The minimum absolute atomic E-state index is 0.267. The molecule has 0 saturated carbocycles. The first-order valence-corrected chi connectivity index (χ1v) is 8.23. The van der Waals surface area contributed by atoms with Crippen LogP contribution in [0.15, 0.2) is 24.3 Å². The minimum Gasteiger partial charge on any atom is -0.271 e. The van der Waals surface area contributed by atoms with E-state index < -0.39 is 0 Å². The van der Waals surface area contributed by atoms with Crippen molar-refractivity contribution in [1.29, 1.82) is 0 Å². The summed E-state index contributed by atoms with van der Waals surface area (Å²) in [5, 5.41) is 1.15. The lowest BCUT2D eigenvalue weighted by Crippen LogP contribution is -2.39. The van der Waals surface area contributed by atoms with E-state index in [1.54, 1.807) is 11.3 Å². The summed E-state index contributed by atoms with van der Waals surface area (Å²) >= 11 is 3.69. The van der Waals surface area contributed by atoms with Gasteiger partial charge in [0.25, 0.3) is 0 Å². The molecule has 0 aliphatic carbocycles. The fourth-order valence-electron chi connectivity index (χ4n) is 1.73. The molecule has 1 heterocycles. The van der Waals surface area contributed by atoms with Crippen LogP contribution in [0.3, 0.4) is 0 Å². The molecule has 0 saturated heterocycles. The van der Waals surface area contributed by atoms with E-state index in [-0.39, 0.29) is 10.8 Å². The van der Waals surface area contributed by atoms with E-state index in [0.29, 0.717) is 0 Å². The van der Waals surface area contributed by atoms with Gasteiger partial charge in [-0.05, 0) is 12.1 Å². The molecule has 1 atom stereocenters. The number of thioether (sulfide) groups is 1. The number of nitrogens with two attached hydrogens (primary N) is 1. The van der Waals surface area contributed by atoms with Gasteiger partial charge in [-0.15, -0.1) is 11.3 Å². The van der Waals surface area contributed by atoms with E-state index in [0.717, 1.165) is 22.7 Å². The number of para-hydroxylation sites is 1. The van der Waals surface area contributed by atoms with Gasteiger partial charge in [0.15, 0.2) is 0 Å². The van der Waals surface area contributed by atoms with Crippen LogP contribution in [0.5, 0.6) is 0 Å². The molecule has 0 aliphatic rings. The first-order chi connectivity index (χ1) is 8.98. The molecule has 0 amide bonds. The van der Waals surface area contributed by atoms with Crippen LogP contribution in [-0.4, -0.2) is 21.5 Å². The molecule has 104 valence electrons. The Morgan fingerprint density at radius 3 is 2.74 bits per heavy atom. The average Bonchev–Trinajstić information content (AvgIpc) is 2.75. The van der Waals surface area contributed by atoms with Gasteiger partial charge in [0.1, 0.15) is 0 Å². The summed E-state index contributed by atoms with van der Waals surface area (Å²) < 4.78 is 1.51. The van der Waals surface area contributed by atoms with Crippen LogP contribution in [0, 0.1) is 0 Å². The van der Waals surface area contributed by atoms with Crippen molar-refractivity contribution in [2.24, 2.45) is 5.84 Å². The summed E-state index contributed by atoms with van der Waals surface area (Å²) in [7, 11) is 0. The van der Waals surface area contributed by atoms with Crippen molar-refractivity contribution in [1.82, 2.24) is 10.4 Å². The molecule has 2 rings (SSSR count). The van der Waals surface area contributed by atoms with Gasteiger partial charge in [-0.1, -0.05) is 32.9 Å². The van der Waals surface area contributed by atoms with E-state index in [9.17, 15) is 0 Å². The van der Waals surface area contributed by atoms with Crippen LogP contribution < -0.4 is 11.3 Å². The number of hydrogen-bond acceptors (Lipinski definition) is 5. The SMILES string of the molecule is CC(C)(C)SCC(Cc1nc2ccccc2s1)NN. The monoisotopic (exact) mass is 295 g/mol. The molecule has 2 aromatic rings. The zero-order chi connectivity index (χ0) is 13.9. The Morgan fingerprint density at radius 1 is 1.37 bits per heavy atom. The third kappa shape index (κ3) is 4.45. The van der Waals surface area contributed by atoms with Crippen molar-refractivity contribution in [3.05, 3.63) is 29.3 Å². The molecular formula is C14H21N3S2. The predicted molar refractivity (Wildman–Crippen MR) is 86.6 cm³/mol. The molecule has 1 aromatic heterocycles. The number of nitrogens with one attached hydrogen (secondary N) is 1. The molecule has 3 nitrogen and oxygen atoms in total. The first-order valence-electron chi connectivity index (χ1n) is 6.42. The average molecular weight is 295 g/mol. The second kappa shape index (κ2) is 6.22. The smallest absolute Gasteiger partial charge is 0.0954 e. The second-order valence-electron chi connectivity index (χ2n) is 5.57. The number of fused-ring (bicyclic) bond motifs is 1. The zero-order valence-corrected chi connectivity index (χ0v) is 13.3. The van der Waals surface area contributed by atoms with Gasteiger partial charge in [-0.3, -0.25) is 11.3 Å². The van der Waals surface area contributed by atoms with Crippen molar-refractivity contribution in [3.63, 3.8) is 0 Å². The molecule has 19 heavy (non-hydrogen) atoms. The van der Waals surface area contributed by atoms with Crippen LogP contribution in [0.4, 0.5) is 0 Å². The maximum absolute atomic E-state index is 5.66. The Morgan fingerprint density at radius 2 is 2.11 bits per heavy atom. The Kier molecular flexibility index (Phi) is 4.84. The van der Waals surface area contributed by atoms with Crippen LogP contribution in [0.2, 0.25) is 0 Å². The van der Waals surface area contributed by atoms with Gasteiger partial charge in [-0.2, -0.15) is 11.8 Å². The lowest BCUT2D eigenvalue weighted by atomic mass is 10.2. The molecule has 0 bridgehead atoms. The Labute approximate surface area is 123 Å². The topological polar surface area (TPSA) is 50.9 Å². The molecule has 0 fully saturated rings. The lowest BCUT2D eigenvalue weighted by Gasteiger charge is -2.21. The third-order valence-electron chi connectivity index (χ3n) is 2.71. The van der Waals surface area contributed by atoms with Crippen molar-refractivity contribution >= 4 is 33.3 Å². The van der Waals surface area contributed by atoms with E-state index in [4.69, 9.17) is 5.84 Å². The maximum atomic E-state index is 5.66. The van der Waals surface area contributed by atoms with Gasteiger partial charge in [0.2, 0.25) is 0 Å². The Balaban J connectivity index is 2.01. The zero-order valence-electron chi connectivity index (χ0n) is 11.6. The van der Waals surface area contributed by atoms with Crippen molar-refractivity contribution < 1.29 is 0 Å². The van der Waals surface area contributed by atoms with E-state index >= 15 is 0 Å². The van der Waals surface area contributed by atoms with Crippen molar-refractivity contribution in [2.75, 3.05) is 5.75 Å². The fourth-order valence-corrected chi connectivity index (χ4v) is 3.70. The molecule has 0 radical (unpaired) electrons. The van der Waals surface area contributed by atoms with Gasteiger partial charge in [-0.25, -0.2) is 4.98 Å². The summed E-state index contributed by atoms with van der Waals surface area (Å²) in [4.78, 5) is 4.66. The summed E-state index contributed by atoms with van der Waals surface area (Å²) in [6.07, 6.45) is 0.888. The summed E-state index contributed by atoms with van der Waals surface area (Å²) in [6, 6.07) is 8.53. The predicted octanol–water partition coefficient (Wildman–Crippen LogP) is 3.20. The molecule has 0 aliphatic heterocycles. The van der Waals surface area contributed by atoms with Crippen molar-refractivity contribution in [3.8, 4) is 0 Å². The van der Waals surface area contributed by atoms with Crippen LogP contribution >= 0.6 is 23.1 Å². The molecular weight excluding hydrogens is 274 g/mol. The van der Waals surface area contributed by atoms with Crippen LogP contribution in [0.1, 0.15) is 25.8 Å². The highest BCUT2D eigenvalue weighted by Gasteiger charge is 2.16. The van der Waals surface area contributed by atoms with E-state index in [1.165, 1.54) is 4.70 Å². The Hall–Kier alpha value is -0.620. The van der Waals surface area contributed by atoms with E-state index in [1.807, 2.05) is 17.8 Å². The van der Waals surface area contributed by atoms with Crippen LogP contribution in [-0.2, 0) is 6.42 Å². The normalized spacial score (nSPS) is 13.9. The number of hydrogen-bond donors (Lipinski definition) is 2. The first kappa shape index (κ1) is 14.8.